The van der Waals surface area contributed by atoms with Crippen LogP contribution in [0.3, 0.4) is 0 Å². The van der Waals surface area contributed by atoms with Gasteiger partial charge in [0.15, 0.2) is 0 Å². The molecule has 3 aromatic heterocycles. The van der Waals surface area contributed by atoms with E-state index in [0.717, 1.165) is 11.1 Å². The second-order valence-corrected chi connectivity index (χ2v) is 6.60. The predicted molar refractivity (Wildman–Crippen MR) is 117 cm³/mol. The van der Waals surface area contributed by atoms with Crippen molar-refractivity contribution in [3.8, 4) is 22.4 Å². The topological polar surface area (TPSA) is 122 Å². The molecule has 31 heavy (non-hydrogen) atoms. The Morgan fingerprint density at radius 2 is 2.00 bits per heavy atom. The summed E-state index contributed by atoms with van der Waals surface area (Å²) >= 11 is 0. The van der Waals surface area contributed by atoms with Crippen LogP contribution in [0.25, 0.3) is 33.4 Å². The highest BCUT2D eigenvalue weighted by Gasteiger charge is 2.16. The maximum absolute atomic E-state index is 12.1. The van der Waals surface area contributed by atoms with Crippen LogP contribution in [-0.4, -0.2) is 45.6 Å². The number of fused-ring (bicyclic) bond motifs is 1. The maximum Gasteiger partial charge on any atom is 0.413 e. The zero-order valence-corrected chi connectivity index (χ0v) is 17.0. The fourth-order valence-corrected chi connectivity index (χ4v) is 3.20. The molecule has 156 valence electrons. The molecule has 4 aromatic rings. The summed E-state index contributed by atoms with van der Waals surface area (Å²) in [6, 6.07) is 11.0. The number of imidazole rings is 1. The van der Waals surface area contributed by atoms with E-state index in [2.05, 4.69) is 30.6 Å². The maximum atomic E-state index is 12.1. The molecule has 0 aliphatic heterocycles. The third-order valence-electron chi connectivity index (χ3n) is 4.60. The Hall–Kier alpha value is -4.27. The number of rotatable bonds is 5. The van der Waals surface area contributed by atoms with Gasteiger partial charge in [0.05, 0.1) is 23.3 Å². The van der Waals surface area contributed by atoms with Crippen molar-refractivity contribution in [2.45, 2.75) is 6.92 Å². The number of hydrogen-bond donors (Lipinski definition) is 3. The van der Waals surface area contributed by atoms with E-state index in [1.54, 1.807) is 44.7 Å². The van der Waals surface area contributed by atoms with E-state index in [-0.39, 0.29) is 18.5 Å². The summed E-state index contributed by atoms with van der Waals surface area (Å²) in [4.78, 5) is 40.2. The van der Waals surface area contributed by atoms with Crippen molar-refractivity contribution in [3.05, 3.63) is 60.6 Å². The van der Waals surface area contributed by atoms with Gasteiger partial charge >= 0.3 is 6.09 Å². The minimum atomic E-state index is -0.602. The van der Waals surface area contributed by atoms with E-state index in [1.807, 2.05) is 24.3 Å². The third-order valence-corrected chi connectivity index (χ3v) is 4.60. The van der Waals surface area contributed by atoms with Gasteiger partial charge in [-0.1, -0.05) is 6.07 Å². The molecule has 0 fully saturated rings. The Bertz CT molecular complexity index is 1250. The number of pyridine rings is 2. The number of aromatic amines is 1. The van der Waals surface area contributed by atoms with Crippen molar-refractivity contribution in [1.82, 2.24) is 25.3 Å². The number of hydrogen-bond acceptors (Lipinski definition) is 6. The minimum Gasteiger partial charge on any atom is -0.450 e. The third kappa shape index (κ3) is 4.20. The highest BCUT2D eigenvalue weighted by molar-refractivity contribution is 5.99. The van der Waals surface area contributed by atoms with Crippen LogP contribution in [0.2, 0.25) is 0 Å². The van der Waals surface area contributed by atoms with Gasteiger partial charge in [-0.3, -0.25) is 20.1 Å². The number of nitrogens with one attached hydrogen (secondary N) is 3. The van der Waals surface area contributed by atoms with Crippen LogP contribution in [0.4, 0.5) is 10.7 Å². The molecule has 0 bridgehead atoms. The van der Waals surface area contributed by atoms with Gasteiger partial charge in [-0.15, -0.1) is 0 Å². The molecule has 0 atom stereocenters. The van der Waals surface area contributed by atoms with Crippen molar-refractivity contribution in [2.75, 3.05) is 19.0 Å². The van der Waals surface area contributed by atoms with Gasteiger partial charge in [0.2, 0.25) is 5.95 Å². The van der Waals surface area contributed by atoms with E-state index in [1.165, 1.54) is 0 Å². The smallest absolute Gasteiger partial charge is 0.413 e. The monoisotopic (exact) mass is 416 g/mol. The Labute approximate surface area is 177 Å². The van der Waals surface area contributed by atoms with Crippen molar-refractivity contribution in [3.63, 3.8) is 0 Å². The number of carbonyl (C=O) groups excluding carboxylic acids is 2. The van der Waals surface area contributed by atoms with E-state index < -0.39 is 6.09 Å². The van der Waals surface area contributed by atoms with Crippen LogP contribution in [-0.2, 0) is 4.74 Å². The molecule has 0 unspecified atom stereocenters. The van der Waals surface area contributed by atoms with E-state index in [9.17, 15) is 9.59 Å². The van der Waals surface area contributed by atoms with Gasteiger partial charge in [-0.05, 0) is 42.8 Å². The molecule has 1 aromatic carbocycles. The summed E-state index contributed by atoms with van der Waals surface area (Å²) in [5, 5.41) is 5.20. The molecular weight excluding hydrogens is 396 g/mol. The quantitative estimate of drug-likeness (QED) is 0.457. The van der Waals surface area contributed by atoms with Gasteiger partial charge in [-0.25, -0.2) is 9.78 Å². The number of aromatic nitrogens is 4. The fourth-order valence-electron chi connectivity index (χ4n) is 3.20. The van der Waals surface area contributed by atoms with E-state index in [4.69, 9.17) is 4.74 Å². The molecule has 9 nitrogen and oxygen atoms in total. The number of H-pyrrole nitrogens is 1. The lowest BCUT2D eigenvalue weighted by Crippen LogP contribution is -2.17. The Morgan fingerprint density at radius 1 is 1.13 bits per heavy atom. The van der Waals surface area contributed by atoms with E-state index in [0.29, 0.717) is 27.9 Å². The molecular formula is C22H20N6O3. The highest BCUT2D eigenvalue weighted by atomic mass is 16.5. The molecule has 0 radical (unpaired) electrons. The molecule has 0 saturated carbocycles. The largest absolute Gasteiger partial charge is 0.450 e. The first-order chi connectivity index (χ1) is 15.1. The van der Waals surface area contributed by atoms with Crippen LogP contribution < -0.4 is 10.6 Å². The molecule has 4 rings (SSSR count). The predicted octanol–water partition coefficient (Wildman–Crippen LogP) is 3.61. The Balaban J connectivity index is 1.88. The first kappa shape index (κ1) is 20.0. The lowest BCUT2D eigenvalue weighted by molar-refractivity contribution is 0.0963. The van der Waals surface area contributed by atoms with Gasteiger partial charge in [0, 0.05) is 42.3 Å². The summed E-state index contributed by atoms with van der Waals surface area (Å²) in [6.07, 6.45) is 4.44. The molecule has 3 heterocycles. The van der Waals surface area contributed by atoms with Crippen molar-refractivity contribution in [1.29, 1.82) is 0 Å². The summed E-state index contributed by atoms with van der Waals surface area (Å²) in [7, 11) is 1.57. The van der Waals surface area contributed by atoms with Crippen molar-refractivity contribution < 1.29 is 14.3 Å². The highest BCUT2D eigenvalue weighted by Crippen LogP contribution is 2.33. The zero-order chi connectivity index (χ0) is 21.8. The van der Waals surface area contributed by atoms with Crippen LogP contribution in [0.15, 0.2) is 55.0 Å². The number of carbonyl (C=O) groups is 2. The molecule has 0 spiro atoms. The van der Waals surface area contributed by atoms with Gasteiger partial charge in [-0.2, -0.15) is 0 Å². The molecule has 0 aliphatic carbocycles. The average Bonchev–Trinajstić information content (AvgIpc) is 3.20. The summed E-state index contributed by atoms with van der Waals surface area (Å²) in [6.45, 7) is 1.97. The van der Waals surface area contributed by atoms with Crippen LogP contribution >= 0.6 is 0 Å². The number of anilines is 1. The van der Waals surface area contributed by atoms with Crippen LogP contribution in [0, 0.1) is 0 Å². The lowest BCUT2D eigenvalue weighted by atomic mass is 10.00. The van der Waals surface area contributed by atoms with Crippen molar-refractivity contribution >= 4 is 29.0 Å². The number of benzene rings is 1. The van der Waals surface area contributed by atoms with Gasteiger partial charge < -0.3 is 15.0 Å². The van der Waals surface area contributed by atoms with E-state index >= 15 is 0 Å². The molecule has 0 saturated heterocycles. The SMILES string of the molecule is CCOC(=O)Nc1nc2c(-c3cc(C(=O)NC)ccn3)cc(-c3cccnc3)cc2[nH]1. The molecule has 9 heteroatoms. The zero-order valence-electron chi connectivity index (χ0n) is 17.0. The Kier molecular flexibility index (Phi) is 5.57. The molecule has 3 N–H and O–H groups in total. The van der Waals surface area contributed by atoms with Crippen molar-refractivity contribution in [2.24, 2.45) is 0 Å². The normalized spacial score (nSPS) is 10.6. The fraction of sp³-hybridized carbons (Fsp3) is 0.136. The van der Waals surface area contributed by atoms with Gasteiger partial charge in [0.1, 0.15) is 0 Å². The number of amides is 2. The Morgan fingerprint density at radius 3 is 2.74 bits per heavy atom. The molecule has 0 aliphatic rings. The minimum absolute atomic E-state index is 0.213. The summed E-state index contributed by atoms with van der Waals surface area (Å²) < 4.78 is 4.93. The second-order valence-electron chi connectivity index (χ2n) is 6.60. The first-order valence-electron chi connectivity index (χ1n) is 9.65. The standard InChI is InChI=1S/C22H20N6O3/c1-3-31-22(30)28-21-26-18-11-15(14-5-4-7-24-12-14)9-16(19(18)27-21)17-10-13(6-8-25-17)20(29)23-2/h4-12H,3H2,1-2H3,(H,23,29)(H2,26,27,28,30). The second kappa shape index (κ2) is 8.62. The summed E-state index contributed by atoms with van der Waals surface area (Å²) in [5.74, 6) is 0.0375. The molecule has 2 amide bonds. The van der Waals surface area contributed by atoms with Crippen LogP contribution in [0.1, 0.15) is 17.3 Å². The van der Waals surface area contributed by atoms with Gasteiger partial charge in [0.25, 0.3) is 5.91 Å². The first-order valence-corrected chi connectivity index (χ1v) is 9.65. The van der Waals surface area contributed by atoms with Crippen LogP contribution in [0.5, 0.6) is 0 Å². The lowest BCUT2D eigenvalue weighted by Gasteiger charge is -2.08. The average molecular weight is 416 g/mol. The number of nitrogens with zero attached hydrogens (tertiary/aromatic N) is 3. The summed E-state index contributed by atoms with van der Waals surface area (Å²) in [5.41, 5.74) is 4.84. The number of ether oxygens (including phenoxy) is 1.